The van der Waals surface area contributed by atoms with Crippen LogP contribution in [0.4, 0.5) is 0 Å². The lowest BCUT2D eigenvalue weighted by molar-refractivity contribution is -0.0192. The summed E-state index contributed by atoms with van der Waals surface area (Å²) in [4.78, 5) is 0. The van der Waals surface area contributed by atoms with Gasteiger partial charge in [-0.2, -0.15) is 0 Å². The highest BCUT2D eigenvalue weighted by atomic mass is 32.2. The third-order valence-electron chi connectivity index (χ3n) is 4.31. The van der Waals surface area contributed by atoms with Crippen molar-refractivity contribution in [2.45, 2.75) is 33.1 Å². The maximum atomic E-state index is 11.6. The van der Waals surface area contributed by atoms with Gasteiger partial charge in [-0.15, -0.1) is 0 Å². The molecule has 0 radical (unpaired) electrons. The van der Waals surface area contributed by atoms with Gasteiger partial charge in [0.05, 0.1) is 24.7 Å². The van der Waals surface area contributed by atoms with Crippen LogP contribution in [-0.4, -0.2) is 56.6 Å². The average molecular weight is 308 g/mol. The second-order valence-electron chi connectivity index (χ2n) is 6.32. The van der Waals surface area contributed by atoms with Gasteiger partial charge in [-0.25, -0.2) is 8.42 Å². The van der Waals surface area contributed by atoms with Crippen LogP contribution in [-0.2, 0) is 14.6 Å². The fourth-order valence-electron chi connectivity index (χ4n) is 2.64. The molecule has 6 heteroatoms. The molecule has 120 valence electrons. The molecule has 2 N–H and O–H groups in total. The molecule has 1 unspecified atom stereocenters. The first-order valence-corrected chi connectivity index (χ1v) is 9.17. The van der Waals surface area contributed by atoms with Crippen LogP contribution in [0.25, 0.3) is 0 Å². The summed E-state index contributed by atoms with van der Waals surface area (Å²) < 4.78 is 28.7. The van der Waals surface area contributed by atoms with E-state index < -0.39 is 15.3 Å². The van der Waals surface area contributed by atoms with Crippen molar-refractivity contribution in [3.05, 3.63) is 0 Å². The zero-order valence-corrected chi connectivity index (χ0v) is 13.4. The van der Waals surface area contributed by atoms with E-state index >= 15 is 0 Å². The molecule has 1 saturated heterocycles. The lowest BCUT2D eigenvalue weighted by atomic mass is 9.74. The Kier molecular flexibility index (Phi) is 6.91. The minimum atomic E-state index is -3.01. The summed E-state index contributed by atoms with van der Waals surface area (Å²) in [7, 11) is -3.01. The summed E-state index contributed by atoms with van der Waals surface area (Å²) in [6, 6.07) is 0. The Morgan fingerprint density at radius 2 is 1.90 bits per heavy atom. The Hall–Kier alpha value is -0.170. The largest absolute Gasteiger partial charge is 0.396 e. The molecule has 0 aromatic rings. The monoisotopic (exact) mass is 308 g/mol. The zero-order valence-electron chi connectivity index (χ0n) is 12.5. The summed E-state index contributed by atoms with van der Waals surface area (Å²) in [6.45, 7) is 4.96. The molecule has 1 aliphatic rings. The molecule has 0 amide bonds. The fraction of sp³-hybridized carbons (Fsp3) is 1.00. The number of sulfone groups is 1. The van der Waals surface area contributed by atoms with E-state index in [1.54, 1.807) is 0 Å². The van der Waals surface area contributed by atoms with E-state index in [9.17, 15) is 18.6 Å². The third-order valence-corrected chi connectivity index (χ3v) is 6.08. The Balaban J connectivity index is 2.50. The Bertz CT molecular complexity index is 373. The molecule has 0 aromatic heterocycles. The molecule has 1 atom stereocenters. The molecule has 1 aliphatic heterocycles. The van der Waals surface area contributed by atoms with Crippen molar-refractivity contribution in [2.24, 2.45) is 17.3 Å². The van der Waals surface area contributed by atoms with Crippen LogP contribution in [0.3, 0.4) is 0 Å². The summed E-state index contributed by atoms with van der Waals surface area (Å²) >= 11 is 0. The van der Waals surface area contributed by atoms with E-state index in [-0.39, 0.29) is 30.6 Å². The Morgan fingerprint density at radius 1 is 1.25 bits per heavy atom. The van der Waals surface area contributed by atoms with Crippen LogP contribution < -0.4 is 0 Å². The lowest BCUT2D eigenvalue weighted by Gasteiger charge is -2.35. The quantitative estimate of drug-likeness (QED) is 0.617. The highest BCUT2D eigenvalue weighted by Crippen LogP contribution is 2.38. The summed E-state index contributed by atoms with van der Waals surface area (Å²) in [6.07, 6.45) is 2.00. The van der Waals surface area contributed by atoms with Gasteiger partial charge in [0.2, 0.25) is 0 Å². The van der Waals surface area contributed by atoms with Crippen LogP contribution in [0.5, 0.6) is 0 Å². The van der Waals surface area contributed by atoms with Crippen molar-refractivity contribution < 1.29 is 23.4 Å². The van der Waals surface area contributed by atoms with Gasteiger partial charge >= 0.3 is 0 Å². The van der Waals surface area contributed by atoms with E-state index in [1.165, 1.54) is 0 Å². The average Bonchev–Trinajstić information content (AvgIpc) is 2.75. The van der Waals surface area contributed by atoms with Gasteiger partial charge in [0.1, 0.15) is 0 Å². The van der Waals surface area contributed by atoms with Gasteiger partial charge in [-0.05, 0) is 31.1 Å². The Morgan fingerprint density at radius 3 is 2.35 bits per heavy atom. The van der Waals surface area contributed by atoms with Crippen molar-refractivity contribution in [1.82, 2.24) is 0 Å². The minimum Gasteiger partial charge on any atom is -0.396 e. The van der Waals surface area contributed by atoms with Crippen molar-refractivity contribution in [2.75, 3.05) is 37.9 Å². The van der Waals surface area contributed by atoms with E-state index in [1.807, 2.05) is 0 Å². The predicted octanol–water partition coefficient (Wildman–Crippen LogP) is 0.845. The molecule has 5 nitrogen and oxygen atoms in total. The van der Waals surface area contributed by atoms with E-state index in [4.69, 9.17) is 4.74 Å². The van der Waals surface area contributed by atoms with Gasteiger partial charge in [0.15, 0.2) is 9.84 Å². The SMILES string of the molecule is CC(C)CCOCCC(CO)(CO)C1CCS(=O)(=O)C1. The summed E-state index contributed by atoms with van der Waals surface area (Å²) in [5.74, 6) is 0.639. The van der Waals surface area contributed by atoms with Crippen LogP contribution in [0, 0.1) is 17.3 Å². The topological polar surface area (TPSA) is 83.8 Å². The van der Waals surface area contributed by atoms with E-state index in [2.05, 4.69) is 13.8 Å². The highest BCUT2D eigenvalue weighted by Gasteiger charge is 2.43. The molecule has 20 heavy (non-hydrogen) atoms. The number of aliphatic hydroxyl groups is 2. The Labute approximate surface area is 122 Å². The number of ether oxygens (including phenoxy) is 1. The van der Waals surface area contributed by atoms with Crippen LogP contribution in [0.15, 0.2) is 0 Å². The van der Waals surface area contributed by atoms with Crippen molar-refractivity contribution in [3.63, 3.8) is 0 Å². The molecule has 1 rings (SSSR count). The number of aliphatic hydroxyl groups excluding tert-OH is 2. The van der Waals surface area contributed by atoms with E-state index in [0.29, 0.717) is 32.0 Å². The standard InChI is InChI=1S/C14H28O5S/c1-12(2)3-6-19-7-5-14(10-15,11-16)13-4-8-20(17,18)9-13/h12-13,15-16H,3-11H2,1-2H3. The first kappa shape index (κ1) is 17.9. The lowest BCUT2D eigenvalue weighted by Crippen LogP contribution is -2.40. The molecular weight excluding hydrogens is 280 g/mol. The van der Waals surface area contributed by atoms with Gasteiger partial charge in [-0.3, -0.25) is 0 Å². The van der Waals surface area contributed by atoms with Gasteiger partial charge < -0.3 is 14.9 Å². The maximum Gasteiger partial charge on any atom is 0.150 e. The van der Waals surface area contributed by atoms with Crippen molar-refractivity contribution >= 4 is 9.84 Å². The fourth-order valence-corrected chi connectivity index (χ4v) is 4.59. The van der Waals surface area contributed by atoms with Crippen molar-refractivity contribution in [3.8, 4) is 0 Å². The number of rotatable bonds is 9. The first-order chi connectivity index (χ1) is 9.35. The van der Waals surface area contributed by atoms with Gasteiger partial charge in [0, 0.05) is 18.6 Å². The molecule has 0 aromatic carbocycles. The first-order valence-electron chi connectivity index (χ1n) is 7.35. The maximum absolute atomic E-state index is 11.6. The molecule has 0 spiro atoms. The zero-order chi connectivity index (χ0) is 15.2. The van der Waals surface area contributed by atoms with Crippen LogP contribution in [0.2, 0.25) is 0 Å². The predicted molar refractivity (Wildman–Crippen MR) is 78.3 cm³/mol. The molecule has 1 heterocycles. The second-order valence-corrected chi connectivity index (χ2v) is 8.55. The highest BCUT2D eigenvalue weighted by molar-refractivity contribution is 7.91. The van der Waals surface area contributed by atoms with Crippen LogP contribution >= 0.6 is 0 Å². The number of hydrogen-bond donors (Lipinski definition) is 2. The van der Waals surface area contributed by atoms with E-state index in [0.717, 1.165) is 6.42 Å². The minimum absolute atomic E-state index is 0.0696. The summed E-state index contributed by atoms with van der Waals surface area (Å²) in [5.41, 5.74) is -0.735. The normalized spacial score (nSPS) is 22.6. The second kappa shape index (κ2) is 7.73. The molecule has 0 bridgehead atoms. The van der Waals surface area contributed by atoms with Gasteiger partial charge in [-0.1, -0.05) is 13.8 Å². The van der Waals surface area contributed by atoms with Crippen LogP contribution in [0.1, 0.15) is 33.1 Å². The summed E-state index contributed by atoms with van der Waals surface area (Å²) in [5, 5.41) is 19.3. The smallest absolute Gasteiger partial charge is 0.150 e. The van der Waals surface area contributed by atoms with Crippen molar-refractivity contribution in [1.29, 1.82) is 0 Å². The van der Waals surface area contributed by atoms with Gasteiger partial charge in [0.25, 0.3) is 0 Å². The molecular formula is C14H28O5S. The molecule has 0 aliphatic carbocycles. The molecule has 1 fully saturated rings. The number of hydrogen-bond acceptors (Lipinski definition) is 5. The molecule has 0 saturated carbocycles. The third kappa shape index (κ3) is 4.98.